The van der Waals surface area contributed by atoms with Crippen molar-refractivity contribution in [2.45, 2.75) is 23.9 Å². The molecule has 3 rings (SSSR count). The lowest BCUT2D eigenvalue weighted by molar-refractivity contribution is -0.187. The molecule has 144 valence electrons. The Morgan fingerprint density at radius 2 is 1.85 bits per heavy atom. The van der Waals surface area contributed by atoms with E-state index < -0.39 is 40.5 Å². The van der Waals surface area contributed by atoms with Crippen LogP contribution in [0.2, 0.25) is 0 Å². The predicted octanol–water partition coefficient (Wildman–Crippen LogP) is 1.57. The van der Waals surface area contributed by atoms with Crippen LogP contribution in [0.4, 0.5) is 19.0 Å². The van der Waals surface area contributed by atoms with Crippen LogP contribution in [-0.2, 0) is 14.8 Å². The molecule has 0 amide bonds. The molecule has 1 aromatic rings. The van der Waals surface area contributed by atoms with Gasteiger partial charge in [-0.05, 0) is 25.0 Å². The first-order valence-electron chi connectivity index (χ1n) is 8.11. The number of carboxylic acids is 1. The predicted molar refractivity (Wildman–Crippen MR) is 85.1 cm³/mol. The highest BCUT2D eigenvalue weighted by molar-refractivity contribution is 7.89. The van der Waals surface area contributed by atoms with Gasteiger partial charge in [0.15, 0.2) is 0 Å². The number of anilines is 1. The van der Waals surface area contributed by atoms with Crippen molar-refractivity contribution in [2.75, 3.05) is 31.1 Å². The van der Waals surface area contributed by atoms with Crippen molar-refractivity contribution in [3.05, 3.63) is 18.3 Å². The Labute approximate surface area is 148 Å². The first kappa shape index (κ1) is 18.9. The number of aliphatic carboxylic acids is 1. The summed E-state index contributed by atoms with van der Waals surface area (Å²) >= 11 is 0. The molecule has 2 saturated heterocycles. The van der Waals surface area contributed by atoms with Crippen molar-refractivity contribution in [2.24, 2.45) is 11.8 Å². The maximum absolute atomic E-state index is 13.1. The Kier molecular flexibility index (Phi) is 4.86. The normalized spacial score (nSPS) is 25.0. The van der Waals surface area contributed by atoms with E-state index in [1.165, 1.54) is 21.3 Å². The highest BCUT2D eigenvalue weighted by atomic mass is 32.2. The molecule has 2 atom stereocenters. The molecule has 7 nitrogen and oxygen atoms in total. The summed E-state index contributed by atoms with van der Waals surface area (Å²) in [5.41, 5.74) is 0. The maximum Gasteiger partial charge on any atom is 0.394 e. The first-order chi connectivity index (χ1) is 12.1. The summed E-state index contributed by atoms with van der Waals surface area (Å²) < 4.78 is 65.4. The molecular weight excluding hydrogens is 375 g/mol. The molecule has 0 spiro atoms. The third-order valence-corrected chi connectivity index (χ3v) is 6.69. The van der Waals surface area contributed by atoms with Crippen molar-refractivity contribution in [3.63, 3.8) is 0 Å². The van der Waals surface area contributed by atoms with Gasteiger partial charge in [-0.25, -0.2) is 13.4 Å². The zero-order valence-corrected chi connectivity index (χ0v) is 14.5. The Hall–Kier alpha value is -1.88. The van der Waals surface area contributed by atoms with Crippen molar-refractivity contribution in [1.82, 2.24) is 9.29 Å². The molecule has 26 heavy (non-hydrogen) atoms. The van der Waals surface area contributed by atoms with E-state index in [4.69, 9.17) is 5.11 Å². The highest BCUT2D eigenvalue weighted by Gasteiger charge is 2.52. The van der Waals surface area contributed by atoms with Gasteiger partial charge >= 0.3 is 12.1 Å². The number of hydrogen-bond acceptors (Lipinski definition) is 5. The zero-order chi connectivity index (χ0) is 19.1. The molecular formula is C15H18F3N3O4S. The van der Waals surface area contributed by atoms with Crippen LogP contribution in [0.1, 0.15) is 12.8 Å². The van der Waals surface area contributed by atoms with Gasteiger partial charge in [0.1, 0.15) is 10.7 Å². The van der Waals surface area contributed by atoms with Crippen LogP contribution in [-0.4, -0.2) is 61.1 Å². The summed E-state index contributed by atoms with van der Waals surface area (Å²) in [7, 11) is -3.66. The highest BCUT2D eigenvalue weighted by Crippen LogP contribution is 2.39. The van der Waals surface area contributed by atoms with Crippen molar-refractivity contribution in [1.29, 1.82) is 0 Å². The van der Waals surface area contributed by atoms with Gasteiger partial charge in [0.2, 0.25) is 10.0 Å². The third kappa shape index (κ3) is 3.50. The second kappa shape index (κ2) is 6.69. The number of aromatic nitrogens is 1. The molecule has 3 heterocycles. The van der Waals surface area contributed by atoms with Gasteiger partial charge in [0.25, 0.3) is 0 Å². The monoisotopic (exact) mass is 393 g/mol. The number of carbonyl (C=O) groups is 1. The molecule has 0 radical (unpaired) electrons. The van der Waals surface area contributed by atoms with Gasteiger partial charge in [-0.15, -0.1) is 0 Å². The van der Waals surface area contributed by atoms with Crippen LogP contribution in [0.15, 0.2) is 23.2 Å². The van der Waals surface area contributed by atoms with E-state index >= 15 is 0 Å². The van der Waals surface area contributed by atoms with Gasteiger partial charge in [0, 0.05) is 32.4 Å². The average Bonchev–Trinajstić information content (AvgIpc) is 3.24. The summed E-state index contributed by atoms with van der Waals surface area (Å²) in [6, 6.07) is 2.62. The Bertz CT molecular complexity index is 776. The number of alkyl halides is 3. The van der Waals surface area contributed by atoms with Gasteiger partial charge in [0.05, 0.1) is 11.8 Å². The topological polar surface area (TPSA) is 90.8 Å². The average molecular weight is 393 g/mol. The minimum atomic E-state index is -4.63. The number of nitrogens with zero attached hydrogens (tertiary/aromatic N) is 3. The second-order valence-corrected chi connectivity index (χ2v) is 8.40. The lowest BCUT2D eigenvalue weighted by Crippen LogP contribution is -2.33. The molecule has 2 fully saturated rings. The number of halogens is 3. The molecule has 0 saturated carbocycles. The van der Waals surface area contributed by atoms with E-state index in [0.29, 0.717) is 13.1 Å². The Balaban J connectivity index is 1.80. The fourth-order valence-corrected chi connectivity index (χ4v) is 4.83. The zero-order valence-electron chi connectivity index (χ0n) is 13.7. The largest absolute Gasteiger partial charge is 0.481 e. The lowest BCUT2D eigenvalue weighted by atomic mass is 9.96. The molecule has 2 aliphatic rings. The Morgan fingerprint density at radius 3 is 2.31 bits per heavy atom. The van der Waals surface area contributed by atoms with Crippen molar-refractivity contribution >= 4 is 21.8 Å². The molecule has 11 heteroatoms. The summed E-state index contributed by atoms with van der Waals surface area (Å²) in [4.78, 5) is 16.3. The SMILES string of the molecule is O=C(O)[C@@H]1CN(c2ccc(S(=O)(=O)N3CCCC3)cn2)C[C@H]1C(F)(F)F. The molecule has 0 bridgehead atoms. The standard InChI is InChI=1S/C15H18F3N3O4S/c16-15(17,18)12-9-20(8-11(12)14(22)23)13-4-3-10(7-19-13)26(24,25)21-5-1-2-6-21/h3-4,7,11-12H,1-2,5-6,8-9H2,(H,22,23)/t11-,12-/m1/s1. The maximum atomic E-state index is 13.1. The smallest absolute Gasteiger partial charge is 0.394 e. The molecule has 0 aliphatic carbocycles. The molecule has 2 aliphatic heterocycles. The number of rotatable bonds is 4. The second-order valence-electron chi connectivity index (χ2n) is 6.46. The van der Waals surface area contributed by atoms with E-state index in [1.54, 1.807) is 0 Å². The van der Waals surface area contributed by atoms with Crippen LogP contribution in [0.3, 0.4) is 0 Å². The fourth-order valence-electron chi connectivity index (χ4n) is 3.36. The van der Waals surface area contributed by atoms with Crippen LogP contribution in [0.25, 0.3) is 0 Å². The number of carboxylic acid groups (broad SMARTS) is 1. The Morgan fingerprint density at radius 1 is 1.19 bits per heavy atom. The van der Waals surface area contributed by atoms with Gasteiger partial charge < -0.3 is 10.0 Å². The minimum absolute atomic E-state index is 0.0236. The van der Waals surface area contributed by atoms with Crippen molar-refractivity contribution < 1.29 is 31.5 Å². The minimum Gasteiger partial charge on any atom is -0.481 e. The van der Waals surface area contributed by atoms with Crippen LogP contribution in [0.5, 0.6) is 0 Å². The number of pyridine rings is 1. The quantitative estimate of drug-likeness (QED) is 0.835. The molecule has 1 aromatic heterocycles. The molecule has 0 aromatic carbocycles. The van der Waals surface area contributed by atoms with E-state index in [0.717, 1.165) is 19.0 Å². The fraction of sp³-hybridized carbons (Fsp3) is 0.600. The molecule has 0 unspecified atom stereocenters. The van der Waals surface area contributed by atoms with E-state index in [-0.39, 0.29) is 17.3 Å². The summed E-state index contributed by atoms with van der Waals surface area (Å²) in [6.07, 6.45) is -1.95. The van der Waals surface area contributed by atoms with E-state index in [9.17, 15) is 26.4 Å². The van der Waals surface area contributed by atoms with E-state index in [1.807, 2.05) is 0 Å². The summed E-state index contributed by atoms with van der Waals surface area (Å²) in [6.45, 7) is 0.0178. The summed E-state index contributed by atoms with van der Waals surface area (Å²) in [5.74, 6) is -4.95. The van der Waals surface area contributed by atoms with Crippen LogP contribution >= 0.6 is 0 Å². The van der Waals surface area contributed by atoms with Gasteiger partial charge in [-0.3, -0.25) is 4.79 Å². The van der Waals surface area contributed by atoms with E-state index in [2.05, 4.69) is 4.98 Å². The van der Waals surface area contributed by atoms with Gasteiger partial charge in [-0.1, -0.05) is 0 Å². The van der Waals surface area contributed by atoms with Crippen molar-refractivity contribution in [3.8, 4) is 0 Å². The molecule has 1 N–H and O–H groups in total. The number of sulfonamides is 1. The number of hydrogen-bond donors (Lipinski definition) is 1. The van der Waals surface area contributed by atoms with Gasteiger partial charge in [-0.2, -0.15) is 17.5 Å². The third-order valence-electron chi connectivity index (χ3n) is 4.81. The van der Waals surface area contributed by atoms with Crippen LogP contribution in [0, 0.1) is 11.8 Å². The summed E-state index contributed by atoms with van der Waals surface area (Å²) in [5, 5.41) is 9.05. The van der Waals surface area contributed by atoms with Crippen LogP contribution < -0.4 is 4.90 Å². The first-order valence-corrected chi connectivity index (χ1v) is 9.55. The lowest BCUT2D eigenvalue weighted by Gasteiger charge is -2.19.